The van der Waals surface area contributed by atoms with Crippen LogP contribution in [0.1, 0.15) is 6.92 Å². The molecule has 1 aromatic heterocycles. The van der Waals surface area contributed by atoms with Gasteiger partial charge < -0.3 is 15.5 Å². The lowest BCUT2D eigenvalue weighted by Crippen LogP contribution is -2.51. The summed E-state index contributed by atoms with van der Waals surface area (Å²) >= 11 is 1.68. The van der Waals surface area contributed by atoms with Crippen molar-refractivity contribution in [2.24, 2.45) is 10.7 Å². The van der Waals surface area contributed by atoms with Crippen molar-refractivity contribution in [3.8, 4) is 0 Å². The Morgan fingerprint density at radius 1 is 1.47 bits per heavy atom. The highest BCUT2D eigenvalue weighted by Gasteiger charge is 2.19. The lowest BCUT2D eigenvalue weighted by atomic mass is 10.3. The van der Waals surface area contributed by atoms with Crippen LogP contribution in [-0.4, -0.2) is 48.6 Å². The maximum Gasteiger partial charge on any atom is 0.191 e. The van der Waals surface area contributed by atoms with Gasteiger partial charge in [-0.3, -0.25) is 4.99 Å². The lowest BCUT2D eigenvalue weighted by molar-refractivity contribution is 0.381. The number of hydrogen-bond donors (Lipinski definition) is 1. The van der Waals surface area contributed by atoms with Crippen LogP contribution in [0, 0.1) is 0 Å². The number of nitrogens with zero attached hydrogens (tertiary/aromatic N) is 4. The average Bonchev–Trinajstić information content (AvgIpc) is 2.83. The number of guanidine groups is 1. The summed E-state index contributed by atoms with van der Waals surface area (Å²) in [6.07, 6.45) is 1.85. The van der Waals surface area contributed by atoms with E-state index in [0.29, 0.717) is 5.96 Å². The molecule has 0 bridgehead atoms. The Bertz CT molecular complexity index is 346. The van der Waals surface area contributed by atoms with E-state index in [1.54, 1.807) is 11.3 Å². The molecule has 1 aliphatic rings. The number of halogens is 1. The quantitative estimate of drug-likeness (QED) is 0.485. The summed E-state index contributed by atoms with van der Waals surface area (Å²) in [5.41, 5.74) is 5.87. The topological polar surface area (TPSA) is 57.8 Å². The molecule has 0 aromatic carbocycles. The third-order valence-electron chi connectivity index (χ3n) is 2.61. The highest BCUT2D eigenvalue weighted by atomic mass is 127. The minimum absolute atomic E-state index is 0. The van der Waals surface area contributed by atoms with Gasteiger partial charge in [-0.1, -0.05) is 0 Å². The van der Waals surface area contributed by atoms with E-state index in [-0.39, 0.29) is 24.0 Å². The fourth-order valence-electron chi connectivity index (χ4n) is 1.76. The van der Waals surface area contributed by atoms with Gasteiger partial charge in [0.25, 0.3) is 0 Å². The lowest BCUT2D eigenvalue weighted by Gasteiger charge is -2.35. The van der Waals surface area contributed by atoms with Crippen LogP contribution in [0.2, 0.25) is 0 Å². The summed E-state index contributed by atoms with van der Waals surface area (Å²) in [7, 11) is 0. The predicted octanol–water partition coefficient (Wildman–Crippen LogP) is 1.22. The van der Waals surface area contributed by atoms with Gasteiger partial charge in [-0.15, -0.1) is 35.3 Å². The Hall–Kier alpha value is -0.570. The van der Waals surface area contributed by atoms with E-state index in [2.05, 4.69) is 19.8 Å². The van der Waals surface area contributed by atoms with Crippen LogP contribution >= 0.6 is 35.3 Å². The number of hydrogen-bond acceptors (Lipinski definition) is 4. The number of aromatic nitrogens is 1. The first-order valence-corrected chi connectivity index (χ1v) is 6.38. The van der Waals surface area contributed by atoms with Gasteiger partial charge in [-0.2, -0.15) is 0 Å². The summed E-state index contributed by atoms with van der Waals surface area (Å²) in [5, 5.41) is 3.11. The van der Waals surface area contributed by atoms with Crippen LogP contribution in [0.3, 0.4) is 0 Å². The van der Waals surface area contributed by atoms with E-state index in [1.807, 2.05) is 18.5 Å². The van der Waals surface area contributed by atoms with Gasteiger partial charge in [0.15, 0.2) is 11.1 Å². The number of anilines is 1. The van der Waals surface area contributed by atoms with E-state index in [9.17, 15) is 0 Å². The van der Waals surface area contributed by atoms with Crippen LogP contribution in [0.5, 0.6) is 0 Å². The molecular formula is C10H18IN5S. The molecule has 0 saturated carbocycles. The Kier molecular flexibility index (Phi) is 5.96. The number of aliphatic imine (C=N–C) groups is 1. The standard InChI is InChI=1S/C10H17N5S.HI/c1-2-12-9(11)14-4-6-15(7-5-14)10-13-3-8-16-10;/h3,8H,2,4-7H2,1H3,(H2,11,12);1H. The fourth-order valence-corrected chi connectivity index (χ4v) is 2.46. The van der Waals surface area contributed by atoms with Gasteiger partial charge in [0.05, 0.1) is 0 Å². The molecule has 0 aliphatic carbocycles. The number of thiazole rings is 1. The molecule has 0 spiro atoms. The van der Waals surface area contributed by atoms with E-state index in [4.69, 9.17) is 5.73 Å². The Labute approximate surface area is 123 Å². The smallest absolute Gasteiger partial charge is 0.191 e. The molecule has 1 fully saturated rings. The molecule has 0 radical (unpaired) electrons. The third kappa shape index (κ3) is 3.70. The molecule has 0 atom stereocenters. The molecule has 1 aromatic rings. The molecule has 1 aliphatic heterocycles. The van der Waals surface area contributed by atoms with Crippen LogP contribution in [0.15, 0.2) is 16.6 Å². The van der Waals surface area contributed by atoms with Crippen LogP contribution in [0.25, 0.3) is 0 Å². The van der Waals surface area contributed by atoms with Gasteiger partial charge in [0.1, 0.15) is 0 Å². The van der Waals surface area contributed by atoms with Crippen molar-refractivity contribution >= 4 is 46.4 Å². The second kappa shape index (κ2) is 7.00. The molecule has 2 rings (SSSR count). The predicted molar refractivity (Wildman–Crippen MR) is 83.5 cm³/mol. The largest absolute Gasteiger partial charge is 0.370 e. The minimum atomic E-state index is 0. The highest BCUT2D eigenvalue weighted by Crippen LogP contribution is 2.18. The van der Waals surface area contributed by atoms with Crippen LogP contribution in [0.4, 0.5) is 5.13 Å². The third-order valence-corrected chi connectivity index (χ3v) is 3.45. The normalized spacial score (nSPS) is 16.9. The summed E-state index contributed by atoms with van der Waals surface area (Å²) in [4.78, 5) is 13.0. The van der Waals surface area contributed by atoms with Gasteiger partial charge in [-0.05, 0) is 6.92 Å². The van der Waals surface area contributed by atoms with E-state index >= 15 is 0 Å². The van der Waals surface area contributed by atoms with Gasteiger partial charge in [-0.25, -0.2) is 4.98 Å². The van der Waals surface area contributed by atoms with Crippen molar-refractivity contribution in [3.63, 3.8) is 0 Å². The number of nitrogens with two attached hydrogens (primary N) is 1. The fraction of sp³-hybridized carbons (Fsp3) is 0.600. The Morgan fingerprint density at radius 3 is 2.71 bits per heavy atom. The van der Waals surface area contributed by atoms with E-state index < -0.39 is 0 Å². The second-order valence-corrected chi connectivity index (χ2v) is 4.49. The first kappa shape index (κ1) is 14.5. The minimum Gasteiger partial charge on any atom is -0.370 e. The van der Waals surface area contributed by atoms with Crippen molar-refractivity contribution in [3.05, 3.63) is 11.6 Å². The molecule has 1 saturated heterocycles. The molecule has 0 amide bonds. The number of rotatable bonds is 2. The zero-order valence-corrected chi connectivity index (χ0v) is 13.0. The number of piperazine rings is 1. The molecular weight excluding hydrogens is 349 g/mol. The van der Waals surface area contributed by atoms with Crippen LogP contribution < -0.4 is 10.6 Å². The van der Waals surface area contributed by atoms with Crippen molar-refractivity contribution in [2.45, 2.75) is 6.92 Å². The highest BCUT2D eigenvalue weighted by molar-refractivity contribution is 14.0. The maximum atomic E-state index is 5.87. The first-order valence-electron chi connectivity index (χ1n) is 5.50. The first-order chi connectivity index (χ1) is 7.81. The van der Waals surface area contributed by atoms with Crippen molar-refractivity contribution < 1.29 is 0 Å². The zero-order chi connectivity index (χ0) is 11.4. The summed E-state index contributed by atoms with van der Waals surface area (Å²) in [6.45, 7) is 6.53. The van der Waals surface area contributed by atoms with E-state index in [0.717, 1.165) is 37.9 Å². The SMILES string of the molecule is CCN=C(N)N1CCN(c2nccs2)CC1.I. The molecule has 7 heteroatoms. The zero-order valence-electron chi connectivity index (χ0n) is 9.87. The molecule has 2 N–H and O–H groups in total. The summed E-state index contributed by atoms with van der Waals surface area (Å²) in [5.74, 6) is 0.668. The molecule has 2 heterocycles. The molecule has 5 nitrogen and oxygen atoms in total. The van der Waals surface area contributed by atoms with Gasteiger partial charge in [0.2, 0.25) is 0 Å². The van der Waals surface area contributed by atoms with Gasteiger partial charge in [0, 0.05) is 44.3 Å². The molecule has 0 unspecified atom stereocenters. The van der Waals surface area contributed by atoms with Gasteiger partial charge >= 0.3 is 0 Å². The van der Waals surface area contributed by atoms with Crippen molar-refractivity contribution in [2.75, 3.05) is 37.6 Å². The maximum absolute atomic E-state index is 5.87. The monoisotopic (exact) mass is 367 g/mol. The summed E-state index contributed by atoms with van der Waals surface area (Å²) in [6, 6.07) is 0. The average molecular weight is 367 g/mol. The summed E-state index contributed by atoms with van der Waals surface area (Å²) < 4.78 is 0. The van der Waals surface area contributed by atoms with E-state index in [1.165, 1.54) is 0 Å². The second-order valence-electron chi connectivity index (χ2n) is 3.62. The molecule has 96 valence electrons. The Balaban J connectivity index is 0.00000144. The van der Waals surface area contributed by atoms with Crippen molar-refractivity contribution in [1.29, 1.82) is 0 Å². The Morgan fingerprint density at radius 2 is 2.18 bits per heavy atom. The molecule has 17 heavy (non-hydrogen) atoms. The van der Waals surface area contributed by atoms with Crippen molar-refractivity contribution in [1.82, 2.24) is 9.88 Å². The van der Waals surface area contributed by atoms with Crippen LogP contribution in [-0.2, 0) is 0 Å².